The number of carbonyl (C=O) groups excluding carboxylic acids is 1. The molecule has 2 fully saturated rings. The molecule has 2 aliphatic rings. The minimum absolute atomic E-state index is 0.00475. The van der Waals surface area contributed by atoms with E-state index in [2.05, 4.69) is 28.1 Å². The summed E-state index contributed by atoms with van der Waals surface area (Å²) in [5, 5.41) is 9.12. The van der Waals surface area contributed by atoms with Crippen molar-refractivity contribution < 1.29 is 9.53 Å². The summed E-state index contributed by atoms with van der Waals surface area (Å²) in [7, 11) is 0. The minimum Gasteiger partial charge on any atom is -0.487 e. The Morgan fingerprint density at radius 1 is 1.00 bits per heavy atom. The van der Waals surface area contributed by atoms with E-state index < -0.39 is 0 Å². The highest BCUT2D eigenvalue weighted by molar-refractivity contribution is 5.94. The molecule has 0 saturated carbocycles. The monoisotopic (exact) mass is 438 g/mol. The van der Waals surface area contributed by atoms with Crippen LogP contribution in [0.1, 0.15) is 40.4 Å². The molecular formula is C27H26N4O2. The van der Waals surface area contributed by atoms with Crippen LogP contribution in [0.25, 0.3) is 0 Å². The van der Waals surface area contributed by atoms with Crippen molar-refractivity contribution in [2.45, 2.75) is 31.0 Å². The predicted octanol–water partition coefficient (Wildman–Crippen LogP) is 4.06. The summed E-state index contributed by atoms with van der Waals surface area (Å²) in [5.74, 6) is 0.895. The first-order valence-corrected chi connectivity index (χ1v) is 11.4. The molecule has 166 valence electrons. The van der Waals surface area contributed by atoms with Crippen LogP contribution in [0.3, 0.4) is 0 Å². The maximum absolute atomic E-state index is 12.9. The lowest BCUT2D eigenvalue weighted by Gasteiger charge is -2.53. The number of pyridine rings is 1. The molecule has 6 nitrogen and oxygen atoms in total. The maximum atomic E-state index is 12.9. The van der Waals surface area contributed by atoms with E-state index in [1.807, 2.05) is 47.6 Å². The van der Waals surface area contributed by atoms with E-state index in [0.29, 0.717) is 30.3 Å². The molecule has 3 heterocycles. The number of amides is 1. The van der Waals surface area contributed by atoms with Crippen LogP contribution in [0.2, 0.25) is 0 Å². The molecule has 1 amide bonds. The standard InChI is InChI=1S/C27H26N4O2/c28-18-20-5-4-6-22(17-20)27(32)30-15-11-23(12-16-30)31-19-25(33-24-7-2-1-3-8-24)26(31)21-9-13-29-14-10-21/h1-10,13-14,17,23,25-26H,11-12,15-16,19H2. The number of hydrogen-bond acceptors (Lipinski definition) is 5. The van der Waals surface area contributed by atoms with E-state index in [1.165, 1.54) is 5.56 Å². The second kappa shape index (κ2) is 9.43. The Kier molecular flexibility index (Phi) is 6.05. The van der Waals surface area contributed by atoms with Gasteiger partial charge in [0.05, 0.1) is 17.7 Å². The van der Waals surface area contributed by atoms with Gasteiger partial charge in [-0.15, -0.1) is 0 Å². The van der Waals surface area contributed by atoms with E-state index in [1.54, 1.807) is 24.3 Å². The van der Waals surface area contributed by atoms with Crippen molar-refractivity contribution in [3.05, 3.63) is 95.8 Å². The predicted molar refractivity (Wildman–Crippen MR) is 125 cm³/mol. The Morgan fingerprint density at radius 3 is 2.48 bits per heavy atom. The zero-order valence-electron chi connectivity index (χ0n) is 18.4. The summed E-state index contributed by atoms with van der Waals surface area (Å²) < 4.78 is 6.32. The van der Waals surface area contributed by atoms with Crippen molar-refractivity contribution in [3.63, 3.8) is 0 Å². The van der Waals surface area contributed by atoms with Crippen LogP contribution in [-0.2, 0) is 0 Å². The smallest absolute Gasteiger partial charge is 0.253 e. The van der Waals surface area contributed by atoms with Crippen molar-refractivity contribution in [1.82, 2.24) is 14.8 Å². The van der Waals surface area contributed by atoms with Crippen LogP contribution in [0, 0.1) is 11.3 Å². The zero-order chi connectivity index (χ0) is 22.6. The van der Waals surface area contributed by atoms with E-state index in [-0.39, 0.29) is 18.1 Å². The molecule has 2 atom stereocenters. The van der Waals surface area contributed by atoms with Gasteiger partial charge in [-0.3, -0.25) is 14.7 Å². The van der Waals surface area contributed by atoms with Gasteiger partial charge in [0.15, 0.2) is 0 Å². The highest BCUT2D eigenvalue weighted by Crippen LogP contribution is 2.40. The Bertz CT molecular complexity index is 1140. The summed E-state index contributed by atoms with van der Waals surface area (Å²) in [6, 6.07) is 23.7. The van der Waals surface area contributed by atoms with Gasteiger partial charge in [-0.05, 0) is 60.9 Å². The van der Waals surface area contributed by atoms with Crippen molar-refractivity contribution in [1.29, 1.82) is 5.26 Å². The normalized spacial score (nSPS) is 21.1. The van der Waals surface area contributed by atoms with Gasteiger partial charge in [0, 0.05) is 43.6 Å². The number of hydrogen-bond donors (Lipinski definition) is 0. The average molecular weight is 439 g/mol. The number of para-hydroxylation sites is 1. The van der Waals surface area contributed by atoms with Gasteiger partial charge in [-0.1, -0.05) is 24.3 Å². The fourth-order valence-corrected chi connectivity index (χ4v) is 4.92. The average Bonchev–Trinajstić information content (AvgIpc) is 2.87. The summed E-state index contributed by atoms with van der Waals surface area (Å²) in [5.41, 5.74) is 2.31. The number of benzene rings is 2. The first-order valence-electron chi connectivity index (χ1n) is 11.4. The van der Waals surface area contributed by atoms with Crippen molar-refractivity contribution >= 4 is 5.91 Å². The van der Waals surface area contributed by atoms with Gasteiger partial charge in [0.2, 0.25) is 0 Å². The summed E-state index contributed by atoms with van der Waals surface area (Å²) >= 11 is 0. The molecule has 6 heteroatoms. The molecule has 0 aliphatic carbocycles. The zero-order valence-corrected chi connectivity index (χ0v) is 18.4. The second-order valence-corrected chi connectivity index (χ2v) is 8.61. The molecule has 0 bridgehead atoms. The van der Waals surface area contributed by atoms with Crippen molar-refractivity contribution in [2.75, 3.05) is 19.6 Å². The number of nitrogens with zero attached hydrogens (tertiary/aromatic N) is 4. The van der Waals surface area contributed by atoms with Crippen LogP contribution in [0.5, 0.6) is 5.75 Å². The molecule has 2 aromatic carbocycles. The fourth-order valence-electron chi connectivity index (χ4n) is 4.92. The van der Waals surface area contributed by atoms with E-state index >= 15 is 0 Å². The maximum Gasteiger partial charge on any atom is 0.253 e. The molecule has 0 N–H and O–H groups in total. The molecule has 2 unspecified atom stereocenters. The van der Waals surface area contributed by atoms with Gasteiger partial charge < -0.3 is 9.64 Å². The van der Waals surface area contributed by atoms with Gasteiger partial charge >= 0.3 is 0 Å². The SMILES string of the molecule is N#Cc1cccc(C(=O)N2CCC(N3CC(Oc4ccccc4)C3c3ccncc3)CC2)c1. The van der Waals surface area contributed by atoms with Gasteiger partial charge in [0.1, 0.15) is 11.9 Å². The topological polar surface area (TPSA) is 69.5 Å². The third-order valence-electron chi connectivity index (χ3n) is 6.64. The largest absolute Gasteiger partial charge is 0.487 e. The molecule has 2 saturated heterocycles. The summed E-state index contributed by atoms with van der Waals surface area (Å²) in [6.45, 7) is 2.29. The number of ether oxygens (including phenoxy) is 1. The molecule has 33 heavy (non-hydrogen) atoms. The van der Waals surface area contributed by atoms with Crippen molar-refractivity contribution in [3.8, 4) is 11.8 Å². The first-order chi connectivity index (χ1) is 16.2. The first kappa shape index (κ1) is 21.2. The third kappa shape index (κ3) is 4.46. The number of likely N-dealkylation sites (tertiary alicyclic amines) is 2. The van der Waals surface area contributed by atoms with Crippen LogP contribution >= 0.6 is 0 Å². The van der Waals surface area contributed by atoms with Crippen LogP contribution < -0.4 is 4.74 Å². The lowest BCUT2D eigenvalue weighted by molar-refractivity contribution is -0.0842. The van der Waals surface area contributed by atoms with Crippen LogP contribution in [-0.4, -0.2) is 52.5 Å². The van der Waals surface area contributed by atoms with Crippen molar-refractivity contribution in [2.24, 2.45) is 0 Å². The second-order valence-electron chi connectivity index (χ2n) is 8.61. The Morgan fingerprint density at radius 2 is 1.76 bits per heavy atom. The third-order valence-corrected chi connectivity index (χ3v) is 6.64. The lowest BCUT2D eigenvalue weighted by Crippen LogP contribution is -2.61. The molecule has 0 radical (unpaired) electrons. The van der Waals surface area contributed by atoms with Gasteiger partial charge in [-0.2, -0.15) is 5.26 Å². The van der Waals surface area contributed by atoms with Crippen LogP contribution in [0.15, 0.2) is 79.1 Å². The lowest BCUT2D eigenvalue weighted by atomic mass is 9.87. The van der Waals surface area contributed by atoms with E-state index in [4.69, 9.17) is 10.00 Å². The Hall–Kier alpha value is -3.69. The number of aromatic nitrogens is 1. The summed E-state index contributed by atoms with van der Waals surface area (Å²) in [4.78, 5) is 21.5. The molecule has 0 spiro atoms. The minimum atomic E-state index is 0.00475. The highest BCUT2D eigenvalue weighted by atomic mass is 16.5. The van der Waals surface area contributed by atoms with Crippen LogP contribution in [0.4, 0.5) is 0 Å². The van der Waals surface area contributed by atoms with E-state index in [0.717, 1.165) is 25.1 Å². The van der Waals surface area contributed by atoms with E-state index in [9.17, 15) is 4.79 Å². The van der Waals surface area contributed by atoms with Gasteiger partial charge in [-0.25, -0.2) is 0 Å². The van der Waals surface area contributed by atoms with Gasteiger partial charge in [0.25, 0.3) is 5.91 Å². The fraction of sp³-hybridized carbons (Fsp3) is 0.296. The Labute approximate surface area is 194 Å². The molecule has 3 aromatic rings. The molecule has 1 aromatic heterocycles. The molecular weight excluding hydrogens is 412 g/mol. The number of nitriles is 1. The summed E-state index contributed by atoms with van der Waals surface area (Å²) in [6.07, 6.45) is 5.60. The highest BCUT2D eigenvalue weighted by Gasteiger charge is 2.46. The molecule has 2 aliphatic heterocycles. The number of carbonyl (C=O) groups is 1. The quantitative estimate of drug-likeness (QED) is 0.601. The Balaban J connectivity index is 1.25. The number of piperidine rings is 1. The molecule has 5 rings (SSSR count). The number of rotatable bonds is 5.